The third-order valence-electron chi connectivity index (χ3n) is 1.35. The molecule has 0 radical (unpaired) electrons. The van der Waals surface area contributed by atoms with Crippen LogP contribution in [0.2, 0.25) is 0 Å². The maximum Gasteiger partial charge on any atom is 0.183 e. The molecule has 1 aromatic heterocycles. The third-order valence-corrected chi connectivity index (χ3v) is 1.35. The smallest absolute Gasteiger partial charge is 0.183 e. The highest BCUT2D eigenvalue weighted by Gasteiger charge is 2.14. The summed E-state index contributed by atoms with van der Waals surface area (Å²) in [6.45, 7) is 0. The molecule has 0 saturated heterocycles. The van der Waals surface area contributed by atoms with Crippen LogP contribution in [0.25, 0.3) is 6.08 Å². The number of ketones is 1. The number of rotatable bonds is 0. The molecule has 4 nitrogen and oxygen atoms in total. The van der Waals surface area contributed by atoms with Gasteiger partial charge in [0.05, 0.1) is 6.42 Å². The Morgan fingerprint density at radius 2 is 2.40 bits per heavy atom. The standard InChI is InChI=1S/C6H4N2O2/c9-4-1-2-6-5(3-4)7-8-10-6/h1-2H,3H2. The minimum Gasteiger partial charge on any atom is -0.337 e. The summed E-state index contributed by atoms with van der Waals surface area (Å²) in [5, 5.41) is 6.93. The van der Waals surface area contributed by atoms with Crippen molar-refractivity contribution >= 4 is 11.9 Å². The van der Waals surface area contributed by atoms with Crippen molar-refractivity contribution in [1.82, 2.24) is 10.4 Å². The van der Waals surface area contributed by atoms with E-state index in [1.807, 2.05) is 0 Å². The second kappa shape index (κ2) is 1.76. The first-order valence-electron chi connectivity index (χ1n) is 2.88. The van der Waals surface area contributed by atoms with Gasteiger partial charge in [0.25, 0.3) is 0 Å². The van der Waals surface area contributed by atoms with Gasteiger partial charge in [0, 0.05) is 5.27 Å². The van der Waals surface area contributed by atoms with E-state index >= 15 is 0 Å². The molecule has 0 aliphatic heterocycles. The maximum absolute atomic E-state index is 10.7. The molecule has 1 aliphatic rings. The first-order chi connectivity index (χ1) is 4.86. The molecule has 50 valence electrons. The number of carbonyl (C=O) groups excluding carboxylic acids is 1. The molecule has 1 aromatic rings. The molecule has 2 rings (SSSR count). The highest BCUT2D eigenvalue weighted by atomic mass is 16.5. The van der Waals surface area contributed by atoms with Gasteiger partial charge in [-0.1, -0.05) is 0 Å². The van der Waals surface area contributed by atoms with Gasteiger partial charge >= 0.3 is 0 Å². The fourth-order valence-corrected chi connectivity index (χ4v) is 0.857. The number of nitrogens with zero attached hydrogens (tertiary/aromatic N) is 2. The lowest BCUT2D eigenvalue weighted by Gasteiger charge is -1.95. The van der Waals surface area contributed by atoms with Crippen molar-refractivity contribution in [3.05, 3.63) is 17.5 Å². The van der Waals surface area contributed by atoms with E-state index in [4.69, 9.17) is 4.52 Å². The second-order valence-electron chi connectivity index (χ2n) is 2.06. The van der Waals surface area contributed by atoms with E-state index in [0.717, 1.165) is 0 Å². The van der Waals surface area contributed by atoms with Crippen molar-refractivity contribution in [2.75, 3.05) is 0 Å². The SMILES string of the molecule is O=C1C=Cc2onnc2C1. The Bertz CT molecular complexity index is 300. The largest absolute Gasteiger partial charge is 0.337 e. The minimum absolute atomic E-state index is 0.0446. The summed E-state index contributed by atoms with van der Waals surface area (Å²) in [4.78, 5) is 10.7. The van der Waals surface area contributed by atoms with Gasteiger partial charge in [0.15, 0.2) is 11.5 Å². The highest BCUT2D eigenvalue weighted by molar-refractivity contribution is 5.97. The zero-order valence-corrected chi connectivity index (χ0v) is 5.07. The van der Waals surface area contributed by atoms with Gasteiger partial charge in [-0.3, -0.25) is 4.79 Å². The van der Waals surface area contributed by atoms with Crippen LogP contribution in [-0.2, 0) is 11.2 Å². The Balaban J connectivity index is 2.52. The molecule has 0 fully saturated rings. The predicted octanol–water partition coefficient (Wildman–Crippen LogP) is 0.208. The summed E-state index contributed by atoms with van der Waals surface area (Å²) < 4.78 is 4.70. The predicted molar refractivity (Wildman–Crippen MR) is 32.0 cm³/mol. The summed E-state index contributed by atoms with van der Waals surface area (Å²) in [6.07, 6.45) is 3.37. The van der Waals surface area contributed by atoms with E-state index in [1.165, 1.54) is 6.08 Å². The minimum atomic E-state index is 0.0446. The Morgan fingerprint density at radius 1 is 1.50 bits per heavy atom. The Labute approximate surface area is 56.5 Å². The van der Waals surface area contributed by atoms with E-state index in [-0.39, 0.29) is 5.78 Å². The average Bonchev–Trinajstić information content (AvgIpc) is 2.33. The van der Waals surface area contributed by atoms with E-state index in [2.05, 4.69) is 10.4 Å². The normalized spacial score (nSPS) is 15.4. The molecule has 0 amide bonds. The van der Waals surface area contributed by atoms with E-state index < -0.39 is 0 Å². The summed E-state index contributed by atoms with van der Waals surface area (Å²) >= 11 is 0. The summed E-state index contributed by atoms with van der Waals surface area (Å²) in [7, 11) is 0. The number of hydrogen-bond acceptors (Lipinski definition) is 4. The number of aromatic nitrogens is 2. The lowest BCUT2D eigenvalue weighted by Crippen LogP contribution is -2.03. The van der Waals surface area contributed by atoms with Crippen molar-refractivity contribution in [3.8, 4) is 0 Å². The fraction of sp³-hybridized carbons (Fsp3) is 0.167. The number of carbonyl (C=O) groups is 1. The zero-order valence-electron chi connectivity index (χ0n) is 5.07. The number of allylic oxidation sites excluding steroid dienone is 1. The molecule has 0 atom stereocenters. The first kappa shape index (κ1) is 5.34. The van der Waals surface area contributed by atoms with Gasteiger partial charge in [0.1, 0.15) is 5.69 Å². The van der Waals surface area contributed by atoms with Crippen LogP contribution >= 0.6 is 0 Å². The molecule has 1 aliphatic carbocycles. The lowest BCUT2D eigenvalue weighted by atomic mass is 10.1. The molecular weight excluding hydrogens is 132 g/mol. The van der Waals surface area contributed by atoms with Crippen LogP contribution in [0.1, 0.15) is 11.5 Å². The van der Waals surface area contributed by atoms with Gasteiger partial charge in [-0.15, -0.1) is 5.10 Å². The average molecular weight is 136 g/mol. The Hall–Kier alpha value is -1.45. The Morgan fingerprint density at radius 3 is 3.30 bits per heavy atom. The van der Waals surface area contributed by atoms with Crippen LogP contribution < -0.4 is 0 Å². The highest BCUT2D eigenvalue weighted by Crippen LogP contribution is 2.12. The summed E-state index contributed by atoms with van der Waals surface area (Å²) in [5.41, 5.74) is 0.632. The topological polar surface area (TPSA) is 56.0 Å². The van der Waals surface area contributed by atoms with Crippen LogP contribution in [0.15, 0.2) is 10.6 Å². The van der Waals surface area contributed by atoms with Crippen molar-refractivity contribution in [1.29, 1.82) is 0 Å². The fourth-order valence-electron chi connectivity index (χ4n) is 0.857. The van der Waals surface area contributed by atoms with E-state index in [1.54, 1.807) is 6.08 Å². The molecule has 0 saturated carbocycles. The van der Waals surface area contributed by atoms with Crippen LogP contribution in [-0.4, -0.2) is 16.2 Å². The second-order valence-corrected chi connectivity index (χ2v) is 2.06. The van der Waals surface area contributed by atoms with Crippen molar-refractivity contribution in [2.24, 2.45) is 0 Å². The molecule has 0 bridgehead atoms. The van der Waals surface area contributed by atoms with Crippen LogP contribution in [0.4, 0.5) is 0 Å². The molecule has 1 heterocycles. The lowest BCUT2D eigenvalue weighted by molar-refractivity contribution is -0.114. The number of hydrogen-bond donors (Lipinski definition) is 0. The zero-order chi connectivity index (χ0) is 6.97. The van der Waals surface area contributed by atoms with Crippen LogP contribution in [0.5, 0.6) is 0 Å². The van der Waals surface area contributed by atoms with Crippen LogP contribution in [0.3, 0.4) is 0 Å². The van der Waals surface area contributed by atoms with Gasteiger partial charge in [-0.2, -0.15) is 0 Å². The van der Waals surface area contributed by atoms with Crippen molar-refractivity contribution in [2.45, 2.75) is 6.42 Å². The van der Waals surface area contributed by atoms with Gasteiger partial charge in [-0.05, 0) is 12.2 Å². The molecule has 4 heteroatoms. The van der Waals surface area contributed by atoms with Crippen molar-refractivity contribution in [3.63, 3.8) is 0 Å². The molecular formula is C6H4N2O2. The molecule has 0 N–H and O–H groups in total. The number of fused-ring (bicyclic) bond motifs is 1. The summed E-state index contributed by atoms with van der Waals surface area (Å²) in [6, 6.07) is 0. The molecule has 0 spiro atoms. The van der Waals surface area contributed by atoms with E-state index in [0.29, 0.717) is 17.9 Å². The Kier molecular flexibility index (Phi) is 0.943. The quantitative estimate of drug-likeness (QED) is 0.511. The van der Waals surface area contributed by atoms with Gasteiger partial charge in [0.2, 0.25) is 0 Å². The molecule has 10 heavy (non-hydrogen) atoms. The van der Waals surface area contributed by atoms with Gasteiger partial charge < -0.3 is 4.52 Å². The molecule has 0 aromatic carbocycles. The molecule has 0 unspecified atom stereocenters. The maximum atomic E-state index is 10.7. The van der Waals surface area contributed by atoms with Crippen molar-refractivity contribution < 1.29 is 9.32 Å². The van der Waals surface area contributed by atoms with Crippen LogP contribution in [0, 0.1) is 0 Å². The monoisotopic (exact) mass is 136 g/mol. The first-order valence-corrected chi connectivity index (χ1v) is 2.88. The van der Waals surface area contributed by atoms with E-state index in [9.17, 15) is 4.79 Å². The third kappa shape index (κ3) is 0.655. The summed E-state index contributed by atoms with van der Waals surface area (Å²) in [5.74, 6) is 0.641. The van der Waals surface area contributed by atoms with Gasteiger partial charge in [-0.25, -0.2) is 0 Å².